The molecule has 0 radical (unpaired) electrons. The highest BCUT2D eigenvalue weighted by atomic mass is 32.2. The molecule has 4 heterocycles. The number of nitrogens with two attached hydrogens (primary N) is 1. The van der Waals surface area contributed by atoms with Crippen molar-refractivity contribution in [2.45, 2.75) is 25.8 Å². The first kappa shape index (κ1) is 19.1. The molecule has 1 unspecified atom stereocenters. The molecule has 1 atom stereocenters. The van der Waals surface area contributed by atoms with E-state index < -0.39 is 5.37 Å². The van der Waals surface area contributed by atoms with Crippen LogP contribution in [0.25, 0.3) is 16.2 Å². The van der Waals surface area contributed by atoms with Crippen LogP contribution in [0.2, 0.25) is 0 Å². The van der Waals surface area contributed by atoms with Gasteiger partial charge in [-0.1, -0.05) is 23.9 Å². The van der Waals surface area contributed by atoms with Crippen LogP contribution in [0.5, 0.6) is 0 Å². The van der Waals surface area contributed by atoms with Crippen molar-refractivity contribution in [3.8, 4) is 11.3 Å². The fraction of sp³-hybridized carbons (Fsp3) is 0.182. The summed E-state index contributed by atoms with van der Waals surface area (Å²) in [6, 6.07) is 9.95. The first-order chi connectivity index (χ1) is 14.0. The lowest BCUT2D eigenvalue weighted by molar-refractivity contribution is -0.119. The van der Waals surface area contributed by atoms with E-state index >= 15 is 0 Å². The molecule has 0 aromatic carbocycles. The molecule has 146 valence electrons. The topological polar surface area (TPSA) is 85.0 Å². The zero-order valence-electron chi connectivity index (χ0n) is 16.2. The van der Waals surface area contributed by atoms with Crippen molar-refractivity contribution in [2.75, 3.05) is 0 Å². The molecule has 0 fully saturated rings. The molecule has 7 heteroatoms. The van der Waals surface area contributed by atoms with Crippen molar-refractivity contribution in [1.82, 2.24) is 19.9 Å². The van der Waals surface area contributed by atoms with Crippen LogP contribution in [0.3, 0.4) is 0 Å². The van der Waals surface area contributed by atoms with Crippen LogP contribution < -0.4 is 5.73 Å². The largest absolute Gasteiger partial charge is 0.367 e. The van der Waals surface area contributed by atoms with E-state index in [2.05, 4.69) is 21.0 Å². The summed E-state index contributed by atoms with van der Waals surface area (Å²) in [7, 11) is 0. The van der Waals surface area contributed by atoms with Gasteiger partial charge in [0.15, 0.2) is 5.37 Å². The number of carbonyl (C=O) groups excluding carboxylic acids is 1. The molecule has 29 heavy (non-hydrogen) atoms. The van der Waals surface area contributed by atoms with E-state index in [4.69, 9.17) is 5.73 Å². The minimum atomic E-state index is -0.451. The second kappa shape index (κ2) is 8.05. The predicted molar refractivity (Wildman–Crippen MR) is 115 cm³/mol. The number of thioether (sulfide) groups is 1. The first-order valence-electron chi connectivity index (χ1n) is 9.24. The molecule has 1 aliphatic rings. The molecule has 1 aliphatic heterocycles. The summed E-state index contributed by atoms with van der Waals surface area (Å²) in [6.45, 7) is 4.56. The lowest BCUT2D eigenvalue weighted by atomic mass is 10.1. The number of hydrogen-bond donors (Lipinski definition) is 1. The van der Waals surface area contributed by atoms with Gasteiger partial charge in [-0.05, 0) is 43.2 Å². The van der Waals surface area contributed by atoms with Crippen LogP contribution in [0.15, 0.2) is 61.3 Å². The molecule has 4 rings (SSSR count). The van der Waals surface area contributed by atoms with Crippen LogP contribution >= 0.6 is 11.8 Å². The monoisotopic (exact) mass is 403 g/mol. The Morgan fingerprint density at radius 3 is 2.69 bits per heavy atom. The van der Waals surface area contributed by atoms with Gasteiger partial charge in [-0.2, -0.15) is 0 Å². The maximum atomic E-state index is 12.0. The molecule has 0 saturated carbocycles. The maximum Gasteiger partial charge on any atom is 0.251 e. The number of aryl methyl sites for hydroxylation is 2. The molecule has 0 aliphatic carbocycles. The van der Waals surface area contributed by atoms with Gasteiger partial charge in [0, 0.05) is 59.3 Å². The predicted octanol–water partition coefficient (Wildman–Crippen LogP) is 3.51. The van der Waals surface area contributed by atoms with Gasteiger partial charge < -0.3 is 10.6 Å². The Morgan fingerprint density at radius 2 is 2.00 bits per heavy atom. The van der Waals surface area contributed by atoms with Crippen LogP contribution in [-0.4, -0.2) is 31.1 Å². The second-order valence-corrected chi connectivity index (χ2v) is 8.10. The molecular formula is C22H21N5OS. The van der Waals surface area contributed by atoms with Gasteiger partial charge in [0.25, 0.3) is 5.91 Å². The average Bonchev–Trinajstić information content (AvgIpc) is 3.13. The van der Waals surface area contributed by atoms with E-state index in [-0.39, 0.29) is 5.91 Å². The zero-order valence-corrected chi connectivity index (χ0v) is 17.1. The van der Waals surface area contributed by atoms with Crippen LogP contribution in [-0.2, 0) is 11.3 Å². The van der Waals surface area contributed by atoms with E-state index in [9.17, 15) is 4.79 Å². The number of rotatable bonds is 5. The number of nitrogens with zero attached hydrogens (tertiary/aromatic N) is 4. The lowest BCUT2D eigenvalue weighted by Gasteiger charge is -2.22. The van der Waals surface area contributed by atoms with Gasteiger partial charge in [0.05, 0.1) is 5.69 Å². The number of hydrogen-bond acceptors (Lipinski definition) is 6. The summed E-state index contributed by atoms with van der Waals surface area (Å²) in [4.78, 5) is 28.0. The second-order valence-electron chi connectivity index (χ2n) is 6.97. The van der Waals surface area contributed by atoms with Gasteiger partial charge in [-0.25, -0.2) is 0 Å². The molecular weight excluding hydrogens is 382 g/mol. The number of aromatic nitrogens is 3. The average molecular weight is 404 g/mol. The van der Waals surface area contributed by atoms with E-state index in [1.807, 2.05) is 55.4 Å². The lowest BCUT2D eigenvalue weighted by Crippen LogP contribution is -2.36. The Hall–Kier alpha value is -3.19. The Kier molecular flexibility index (Phi) is 5.31. The number of primary amides is 1. The third-order valence-corrected chi connectivity index (χ3v) is 6.00. The van der Waals surface area contributed by atoms with Crippen molar-refractivity contribution in [2.24, 2.45) is 5.73 Å². The normalized spacial score (nSPS) is 16.0. The Labute approximate surface area is 173 Å². The standard InChI is InChI=1S/C22H21N5OS/c1-14-8-16(10-26-20(14)17-5-7-25-15(2)9-17)12-27-13-19(29-22(27)21(23)28)18-4-3-6-24-11-18/h3-11,13,22H,12H2,1-2H3,(H2,23,28). The Bertz CT molecular complexity index is 1080. The number of pyridine rings is 3. The zero-order chi connectivity index (χ0) is 20.4. The van der Waals surface area contributed by atoms with Crippen molar-refractivity contribution in [3.63, 3.8) is 0 Å². The van der Waals surface area contributed by atoms with Gasteiger partial charge in [-0.3, -0.25) is 19.7 Å². The Balaban J connectivity index is 1.59. The van der Waals surface area contributed by atoms with Crippen LogP contribution in [0.1, 0.15) is 22.4 Å². The fourth-order valence-corrected chi connectivity index (χ4v) is 4.44. The summed E-state index contributed by atoms with van der Waals surface area (Å²) in [5.41, 5.74) is 11.7. The van der Waals surface area contributed by atoms with Crippen molar-refractivity contribution >= 4 is 22.6 Å². The van der Waals surface area contributed by atoms with Crippen molar-refractivity contribution in [1.29, 1.82) is 0 Å². The smallest absolute Gasteiger partial charge is 0.251 e. The molecule has 0 spiro atoms. The van der Waals surface area contributed by atoms with E-state index in [1.54, 1.807) is 18.6 Å². The fourth-order valence-electron chi connectivity index (χ4n) is 3.36. The van der Waals surface area contributed by atoms with Gasteiger partial charge >= 0.3 is 0 Å². The van der Waals surface area contributed by atoms with Crippen molar-refractivity contribution in [3.05, 3.63) is 83.7 Å². The van der Waals surface area contributed by atoms with Crippen molar-refractivity contribution < 1.29 is 4.79 Å². The summed E-state index contributed by atoms with van der Waals surface area (Å²) >= 11 is 1.45. The summed E-state index contributed by atoms with van der Waals surface area (Å²) in [6.07, 6.45) is 9.15. The van der Waals surface area contributed by atoms with Crippen LogP contribution in [0.4, 0.5) is 0 Å². The highest BCUT2D eigenvalue weighted by Crippen LogP contribution is 2.39. The number of amides is 1. The third-order valence-electron chi connectivity index (χ3n) is 4.68. The summed E-state index contributed by atoms with van der Waals surface area (Å²) in [5.74, 6) is -0.362. The van der Waals surface area contributed by atoms with Crippen LogP contribution in [0, 0.1) is 13.8 Å². The summed E-state index contributed by atoms with van der Waals surface area (Å²) in [5, 5.41) is -0.451. The van der Waals surface area contributed by atoms with E-state index in [0.29, 0.717) is 6.54 Å². The van der Waals surface area contributed by atoms with Gasteiger partial charge in [0.1, 0.15) is 0 Å². The minimum absolute atomic E-state index is 0.362. The quantitative estimate of drug-likeness (QED) is 0.702. The molecule has 2 N–H and O–H groups in total. The van der Waals surface area contributed by atoms with Gasteiger partial charge in [-0.15, -0.1) is 0 Å². The maximum absolute atomic E-state index is 12.0. The van der Waals surface area contributed by atoms with E-state index in [1.165, 1.54) is 11.8 Å². The van der Waals surface area contributed by atoms with E-state index in [0.717, 1.165) is 38.5 Å². The molecule has 6 nitrogen and oxygen atoms in total. The molecule has 0 bridgehead atoms. The molecule has 1 amide bonds. The minimum Gasteiger partial charge on any atom is -0.367 e. The SMILES string of the molecule is Cc1cc(-c2ncc(CN3C=C(c4cccnc4)SC3C(N)=O)cc2C)ccn1. The Morgan fingerprint density at radius 1 is 1.14 bits per heavy atom. The van der Waals surface area contributed by atoms with Gasteiger partial charge in [0.2, 0.25) is 0 Å². The third kappa shape index (κ3) is 4.14. The number of carbonyl (C=O) groups is 1. The molecule has 0 saturated heterocycles. The highest BCUT2D eigenvalue weighted by Gasteiger charge is 2.30. The first-order valence-corrected chi connectivity index (χ1v) is 10.1. The molecule has 3 aromatic heterocycles. The summed E-state index contributed by atoms with van der Waals surface area (Å²) < 4.78 is 0. The molecule has 3 aromatic rings. The highest BCUT2D eigenvalue weighted by molar-refractivity contribution is 8.09.